The molecule has 0 radical (unpaired) electrons. The first kappa shape index (κ1) is 16.0. The van der Waals surface area contributed by atoms with Gasteiger partial charge in [-0.2, -0.15) is 0 Å². The highest BCUT2D eigenvalue weighted by atomic mass is 35.5. The molecule has 1 amide bonds. The molecule has 0 aliphatic heterocycles. The third-order valence-corrected chi connectivity index (χ3v) is 5.17. The number of thiophene rings is 1. The van der Waals surface area contributed by atoms with Crippen molar-refractivity contribution in [2.45, 2.75) is 17.5 Å². The fourth-order valence-corrected chi connectivity index (χ4v) is 3.87. The Bertz CT molecular complexity index is 817. The van der Waals surface area contributed by atoms with Crippen LogP contribution < -0.4 is 5.73 Å². The van der Waals surface area contributed by atoms with Gasteiger partial charge in [-0.15, -0.1) is 21.5 Å². The van der Waals surface area contributed by atoms with E-state index in [-0.39, 0.29) is 6.54 Å². The summed E-state index contributed by atoms with van der Waals surface area (Å²) in [5, 5.41) is 11.7. The molecule has 1 aromatic carbocycles. The molecule has 0 saturated carbocycles. The second kappa shape index (κ2) is 7.16. The highest BCUT2D eigenvalue weighted by Crippen LogP contribution is 2.29. The number of hydrogen-bond acceptors (Lipinski definition) is 5. The Hall–Kier alpha value is -1.83. The van der Waals surface area contributed by atoms with Crippen LogP contribution in [0.5, 0.6) is 0 Å². The Morgan fingerprint density at radius 1 is 1.30 bits per heavy atom. The van der Waals surface area contributed by atoms with Crippen molar-refractivity contribution in [3.8, 4) is 10.7 Å². The van der Waals surface area contributed by atoms with E-state index in [9.17, 15) is 4.79 Å². The van der Waals surface area contributed by atoms with E-state index >= 15 is 0 Å². The molecule has 0 bridgehead atoms. The minimum atomic E-state index is -0.424. The number of amides is 1. The normalized spacial score (nSPS) is 10.8. The highest BCUT2D eigenvalue weighted by Gasteiger charge is 2.16. The van der Waals surface area contributed by atoms with Gasteiger partial charge in [-0.25, -0.2) is 0 Å². The highest BCUT2D eigenvalue weighted by molar-refractivity contribution is 7.98. The van der Waals surface area contributed by atoms with E-state index in [4.69, 9.17) is 17.3 Å². The predicted molar refractivity (Wildman–Crippen MR) is 93.5 cm³/mol. The molecule has 0 spiro atoms. The summed E-state index contributed by atoms with van der Waals surface area (Å²) in [5.74, 6) is 0.918. The zero-order chi connectivity index (χ0) is 16.2. The lowest BCUT2D eigenvalue weighted by Gasteiger charge is -2.07. The molecule has 0 aliphatic carbocycles. The van der Waals surface area contributed by atoms with E-state index in [1.165, 1.54) is 11.8 Å². The summed E-state index contributed by atoms with van der Waals surface area (Å²) in [6, 6.07) is 11.5. The molecule has 0 atom stereocenters. The van der Waals surface area contributed by atoms with Gasteiger partial charge in [0.05, 0.1) is 4.88 Å². The predicted octanol–water partition coefficient (Wildman–Crippen LogP) is 3.44. The zero-order valence-corrected chi connectivity index (χ0v) is 14.4. The summed E-state index contributed by atoms with van der Waals surface area (Å²) in [6.07, 6.45) is 0. The molecule has 0 saturated heterocycles. The van der Waals surface area contributed by atoms with E-state index < -0.39 is 5.91 Å². The number of rotatable bonds is 6. The molecule has 0 aliphatic rings. The molecule has 118 valence electrons. The average Bonchev–Trinajstić information content (AvgIpc) is 3.14. The van der Waals surface area contributed by atoms with Crippen molar-refractivity contribution in [1.29, 1.82) is 0 Å². The smallest absolute Gasteiger partial charge is 0.237 e. The van der Waals surface area contributed by atoms with Crippen LogP contribution in [0, 0.1) is 0 Å². The summed E-state index contributed by atoms with van der Waals surface area (Å²) >= 11 is 9.04. The van der Waals surface area contributed by atoms with Crippen LogP contribution in [0.2, 0.25) is 5.02 Å². The Balaban J connectivity index is 1.85. The van der Waals surface area contributed by atoms with Crippen LogP contribution in [0.15, 0.2) is 46.9 Å². The molecule has 0 fully saturated rings. The van der Waals surface area contributed by atoms with E-state index in [1.54, 1.807) is 15.9 Å². The van der Waals surface area contributed by atoms with Crippen LogP contribution in [-0.2, 0) is 17.1 Å². The first-order chi connectivity index (χ1) is 11.1. The van der Waals surface area contributed by atoms with Crippen molar-refractivity contribution in [3.05, 3.63) is 52.4 Å². The van der Waals surface area contributed by atoms with Crippen LogP contribution in [0.25, 0.3) is 10.7 Å². The van der Waals surface area contributed by atoms with E-state index in [2.05, 4.69) is 10.2 Å². The van der Waals surface area contributed by atoms with Gasteiger partial charge in [0, 0.05) is 10.8 Å². The van der Waals surface area contributed by atoms with Gasteiger partial charge in [0.1, 0.15) is 6.54 Å². The molecule has 5 nitrogen and oxygen atoms in total. The summed E-state index contributed by atoms with van der Waals surface area (Å²) in [7, 11) is 0. The Morgan fingerprint density at radius 2 is 2.17 bits per heavy atom. The van der Waals surface area contributed by atoms with Crippen molar-refractivity contribution in [3.63, 3.8) is 0 Å². The zero-order valence-electron chi connectivity index (χ0n) is 12.0. The first-order valence-electron chi connectivity index (χ1n) is 6.76. The molecule has 8 heteroatoms. The number of hydrogen-bond donors (Lipinski definition) is 1. The number of halogens is 1. The second-order valence-corrected chi connectivity index (χ2v) is 7.08. The standard InChI is InChI=1S/C15H13ClN4OS2/c16-11-4-1-3-10(7-11)9-23-15-19-18-14(12-5-2-6-22-12)20(15)8-13(17)21/h1-7H,8-9H2,(H2,17,21). The number of nitrogens with two attached hydrogens (primary N) is 1. The Labute approximate surface area is 146 Å². The third kappa shape index (κ3) is 3.93. The van der Waals surface area contributed by atoms with Crippen LogP contribution in [0.1, 0.15) is 5.56 Å². The summed E-state index contributed by atoms with van der Waals surface area (Å²) in [6.45, 7) is 0.0537. The molecule has 0 unspecified atom stereocenters. The fraction of sp³-hybridized carbons (Fsp3) is 0.133. The third-order valence-electron chi connectivity index (χ3n) is 3.03. The number of aromatic nitrogens is 3. The summed E-state index contributed by atoms with van der Waals surface area (Å²) in [4.78, 5) is 12.3. The van der Waals surface area contributed by atoms with E-state index in [1.807, 2.05) is 41.8 Å². The van der Waals surface area contributed by atoms with E-state index in [0.29, 0.717) is 21.8 Å². The van der Waals surface area contributed by atoms with Gasteiger partial charge in [-0.1, -0.05) is 41.6 Å². The summed E-state index contributed by atoms with van der Waals surface area (Å²) < 4.78 is 1.75. The van der Waals surface area contributed by atoms with Gasteiger partial charge >= 0.3 is 0 Å². The van der Waals surface area contributed by atoms with Crippen LogP contribution in [-0.4, -0.2) is 20.7 Å². The number of thioether (sulfide) groups is 1. The number of primary amides is 1. The van der Waals surface area contributed by atoms with Crippen LogP contribution in [0.3, 0.4) is 0 Å². The number of carbonyl (C=O) groups is 1. The van der Waals surface area contributed by atoms with Gasteiger partial charge < -0.3 is 5.73 Å². The molecule has 2 aromatic heterocycles. The second-order valence-electron chi connectivity index (χ2n) is 4.75. The number of carbonyl (C=O) groups excluding carboxylic acids is 1. The largest absolute Gasteiger partial charge is 0.368 e. The molecule has 23 heavy (non-hydrogen) atoms. The van der Waals surface area contributed by atoms with Gasteiger partial charge in [-0.3, -0.25) is 9.36 Å². The van der Waals surface area contributed by atoms with Gasteiger partial charge in [0.25, 0.3) is 0 Å². The lowest BCUT2D eigenvalue weighted by atomic mass is 10.2. The van der Waals surface area contributed by atoms with Crippen molar-refractivity contribution in [2.75, 3.05) is 0 Å². The Kier molecular flexibility index (Phi) is 5.00. The molecule has 3 aromatic rings. The molecular weight excluding hydrogens is 352 g/mol. The van der Waals surface area contributed by atoms with Gasteiger partial charge in [-0.05, 0) is 29.1 Å². The van der Waals surface area contributed by atoms with Crippen LogP contribution >= 0.6 is 34.7 Å². The minimum absolute atomic E-state index is 0.0537. The minimum Gasteiger partial charge on any atom is -0.368 e. The van der Waals surface area contributed by atoms with E-state index in [0.717, 1.165) is 10.4 Å². The topological polar surface area (TPSA) is 73.8 Å². The maximum absolute atomic E-state index is 11.4. The monoisotopic (exact) mass is 364 g/mol. The number of benzene rings is 1. The van der Waals surface area contributed by atoms with Gasteiger partial charge in [0.2, 0.25) is 5.91 Å². The molecule has 3 rings (SSSR count). The lowest BCUT2D eigenvalue weighted by molar-refractivity contribution is -0.118. The maximum atomic E-state index is 11.4. The van der Waals surface area contributed by atoms with Crippen LogP contribution in [0.4, 0.5) is 0 Å². The summed E-state index contributed by atoms with van der Waals surface area (Å²) in [5.41, 5.74) is 6.44. The number of nitrogens with zero attached hydrogens (tertiary/aromatic N) is 3. The van der Waals surface area contributed by atoms with Gasteiger partial charge in [0.15, 0.2) is 11.0 Å². The molecular formula is C15H13ClN4OS2. The average molecular weight is 365 g/mol. The maximum Gasteiger partial charge on any atom is 0.237 e. The SMILES string of the molecule is NC(=O)Cn1c(SCc2cccc(Cl)c2)nnc1-c1cccs1. The van der Waals surface area contributed by atoms with Crippen molar-refractivity contribution >= 4 is 40.6 Å². The fourth-order valence-electron chi connectivity index (χ4n) is 2.06. The quantitative estimate of drug-likeness (QED) is 0.680. The van der Waals surface area contributed by atoms with Crippen molar-refractivity contribution in [1.82, 2.24) is 14.8 Å². The van der Waals surface area contributed by atoms with Crippen molar-refractivity contribution in [2.24, 2.45) is 5.73 Å². The Morgan fingerprint density at radius 3 is 2.87 bits per heavy atom. The first-order valence-corrected chi connectivity index (χ1v) is 9.00. The van der Waals surface area contributed by atoms with Crippen molar-refractivity contribution < 1.29 is 4.79 Å². The molecule has 2 heterocycles. The lowest BCUT2D eigenvalue weighted by Crippen LogP contribution is -2.19. The molecule has 2 N–H and O–H groups in total.